The number of carbonyl (C=O) groups excluding carboxylic acids is 9. The van der Waals surface area contributed by atoms with Crippen molar-refractivity contribution in [1.82, 2.24) is 42.1 Å². The molecule has 1 heterocycles. The van der Waals surface area contributed by atoms with Crippen LogP contribution in [0.5, 0.6) is 0 Å². The predicted octanol–water partition coefficient (Wildman–Crippen LogP) is -1.01. The predicted molar refractivity (Wildman–Crippen MR) is 259 cm³/mol. The maximum atomic E-state index is 14.3. The number of rotatable bonds is 30. The highest BCUT2D eigenvalue weighted by atomic mass is 16.4. The number of benzene rings is 1. The SMILES string of the molecule is CC[C@H](C)[C@H](NC(=O)[C@H](CCC(=O)O)NC(=O)[C@H](C)NC(=O)c1cccc(N)c1)C(=O)N[C@@H](CCCCN)C(=O)N[C@@H](CCC(N)=O)C(=O)N1CCC[C@H]1C(=O)N[C@H](C(=O)N[C@H](C(=O)O)C(C)C)C(C)C. The molecule has 24 heteroatoms. The monoisotopic (exact) mass is 1000 g/mol. The molecule has 71 heavy (non-hydrogen) atoms. The number of carboxylic acid groups (broad SMARTS) is 2. The zero-order chi connectivity index (χ0) is 53.7. The van der Waals surface area contributed by atoms with Crippen molar-refractivity contribution in [3.8, 4) is 0 Å². The molecule has 1 aliphatic rings. The van der Waals surface area contributed by atoms with Crippen molar-refractivity contribution >= 4 is 70.8 Å². The van der Waals surface area contributed by atoms with E-state index in [0.29, 0.717) is 31.4 Å². The number of hydrogen-bond acceptors (Lipinski definition) is 13. The van der Waals surface area contributed by atoms with Gasteiger partial charge in [-0.25, -0.2) is 4.79 Å². The van der Waals surface area contributed by atoms with E-state index in [2.05, 4.69) is 37.2 Å². The second-order valence-electron chi connectivity index (χ2n) is 18.6. The molecule has 1 aromatic carbocycles. The lowest BCUT2D eigenvalue weighted by Gasteiger charge is -2.32. The van der Waals surface area contributed by atoms with Gasteiger partial charge in [-0.3, -0.25) is 47.9 Å². The highest BCUT2D eigenvalue weighted by molar-refractivity contribution is 6.00. The summed E-state index contributed by atoms with van der Waals surface area (Å²) >= 11 is 0. The first-order chi connectivity index (χ1) is 33.3. The quantitative estimate of drug-likeness (QED) is 0.0325. The molecule has 0 spiro atoms. The van der Waals surface area contributed by atoms with Gasteiger partial charge in [0.05, 0.1) is 0 Å². The number of nitrogen functional groups attached to an aromatic ring is 1. The average molecular weight is 1000 g/mol. The number of likely N-dealkylation sites (tertiary alicyclic amines) is 1. The van der Waals surface area contributed by atoms with Crippen LogP contribution < -0.4 is 54.4 Å². The summed E-state index contributed by atoms with van der Waals surface area (Å²) in [6, 6.07) is -4.39. The molecule has 1 fully saturated rings. The standard InChI is InChI=1S/C47H75N11O13/c1-8-26(6)38(57-42(65)31(18-20-35(60)61)52-39(62)27(7)51-40(63)28-13-11-14-29(49)23-28)45(68)53-30(15-9-10-21-48)41(64)54-32(17-19-34(50)59)46(69)58-22-12-16-33(58)43(66)55-36(24(2)3)44(67)56-37(25(4)5)47(70)71/h11,13-14,23-27,30-33,36-38H,8-10,12,15-22,48-49H2,1-7H3,(H2,50,59)(H,51,63)(H,52,62)(H,53,68)(H,54,64)(H,55,66)(H,56,67)(H,57,65)(H,60,61)(H,70,71)/t26-,27-,30-,31-,32-,33-,36-,37-,38-/m0/s1. The number of nitrogens with zero attached hydrogens (tertiary/aromatic N) is 1. The Kier molecular flexibility index (Phi) is 24.9. The summed E-state index contributed by atoms with van der Waals surface area (Å²) in [4.78, 5) is 146. The first-order valence-corrected chi connectivity index (χ1v) is 24.0. The van der Waals surface area contributed by atoms with E-state index >= 15 is 0 Å². The fraction of sp³-hybridized carbons (Fsp3) is 0.638. The molecule has 0 aromatic heterocycles. The van der Waals surface area contributed by atoms with E-state index in [1.54, 1.807) is 53.7 Å². The van der Waals surface area contributed by atoms with Crippen LogP contribution in [-0.4, -0.2) is 142 Å². The molecule has 396 valence electrons. The maximum Gasteiger partial charge on any atom is 0.326 e. The van der Waals surface area contributed by atoms with Gasteiger partial charge >= 0.3 is 11.9 Å². The lowest BCUT2D eigenvalue weighted by Crippen LogP contribution is -2.61. The molecule has 24 nitrogen and oxygen atoms in total. The minimum Gasteiger partial charge on any atom is -0.481 e. The molecule has 1 aliphatic heterocycles. The lowest BCUT2D eigenvalue weighted by atomic mass is 9.96. The molecule has 0 radical (unpaired) electrons. The van der Waals surface area contributed by atoms with Crippen molar-refractivity contribution in [1.29, 1.82) is 0 Å². The number of carboxylic acids is 2. The highest BCUT2D eigenvalue weighted by Crippen LogP contribution is 2.21. The summed E-state index contributed by atoms with van der Waals surface area (Å²) in [6.45, 7) is 11.6. The smallest absolute Gasteiger partial charge is 0.326 e. The molecule has 0 saturated carbocycles. The van der Waals surface area contributed by atoms with Gasteiger partial charge in [0.2, 0.25) is 47.3 Å². The second kappa shape index (κ2) is 29.4. The van der Waals surface area contributed by atoms with Crippen LogP contribution in [0.25, 0.3) is 0 Å². The Hall–Kier alpha value is -6.85. The van der Waals surface area contributed by atoms with Gasteiger partial charge in [-0.15, -0.1) is 0 Å². The first-order valence-electron chi connectivity index (χ1n) is 24.0. The van der Waals surface area contributed by atoms with Crippen molar-refractivity contribution in [3.05, 3.63) is 29.8 Å². The minimum atomic E-state index is -1.50. The van der Waals surface area contributed by atoms with Crippen LogP contribution in [0.15, 0.2) is 24.3 Å². The Morgan fingerprint density at radius 1 is 0.676 bits per heavy atom. The van der Waals surface area contributed by atoms with Crippen molar-refractivity contribution in [3.63, 3.8) is 0 Å². The van der Waals surface area contributed by atoms with Gasteiger partial charge in [-0.05, 0) is 94.4 Å². The van der Waals surface area contributed by atoms with Crippen molar-refractivity contribution in [2.75, 3.05) is 18.8 Å². The van der Waals surface area contributed by atoms with Gasteiger partial charge in [0.1, 0.15) is 48.3 Å². The van der Waals surface area contributed by atoms with Crippen LogP contribution in [-0.2, 0) is 47.9 Å². The molecule has 2 rings (SSSR count). The molecule has 9 atom stereocenters. The molecule has 0 bridgehead atoms. The highest BCUT2D eigenvalue weighted by Gasteiger charge is 2.41. The van der Waals surface area contributed by atoms with E-state index in [1.165, 1.54) is 24.0 Å². The van der Waals surface area contributed by atoms with Crippen LogP contribution in [0, 0.1) is 17.8 Å². The molecule has 0 unspecified atom stereocenters. The Morgan fingerprint density at radius 2 is 1.24 bits per heavy atom. The third-order valence-electron chi connectivity index (χ3n) is 12.2. The summed E-state index contributed by atoms with van der Waals surface area (Å²) < 4.78 is 0. The zero-order valence-electron chi connectivity index (χ0n) is 41.7. The van der Waals surface area contributed by atoms with Crippen LogP contribution in [0.3, 0.4) is 0 Å². The third kappa shape index (κ3) is 19.5. The van der Waals surface area contributed by atoms with Gasteiger partial charge in [-0.1, -0.05) is 54.0 Å². The lowest BCUT2D eigenvalue weighted by molar-refractivity contribution is -0.145. The Bertz CT molecular complexity index is 2070. The summed E-state index contributed by atoms with van der Waals surface area (Å²) in [6.07, 6.45) is -0.0449. The number of aliphatic carboxylic acids is 2. The Morgan fingerprint density at radius 3 is 1.80 bits per heavy atom. The number of primary amides is 1. The molecule has 1 saturated heterocycles. The fourth-order valence-electron chi connectivity index (χ4n) is 7.70. The van der Waals surface area contributed by atoms with Crippen LogP contribution in [0.2, 0.25) is 0 Å². The van der Waals surface area contributed by atoms with Crippen LogP contribution in [0.1, 0.15) is 123 Å². The van der Waals surface area contributed by atoms with Crippen molar-refractivity contribution in [2.45, 2.75) is 161 Å². The van der Waals surface area contributed by atoms with E-state index in [1.807, 2.05) is 0 Å². The number of nitrogens with one attached hydrogen (secondary N) is 7. The summed E-state index contributed by atoms with van der Waals surface area (Å²) in [5.74, 6) is -11.2. The van der Waals surface area contributed by atoms with Gasteiger partial charge in [0.15, 0.2) is 0 Å². The molecular formula is C47H75N11O13. The number of amides is 9. The number of nitrogens with two attached hydrogens (primary N) is 3. The zero-order valence-corrected chi connectivity index (χ0v) is 41.7. The van der Waals surface area contributed by atoms with Crippen LogP contribution in [0.4, 0.5) is 5.69 Å². The van der Waals surface area contributed by atoms with E-state index in [0.717, 1.165) is 0 Å². The topological polar surface area (TPSA) is 394 Å². The van der Waals surface area contributed by atoms with E-state index in [-0.39, 0.29) is 44.3 Å². The second-order valence-corrected chi connectivity index (χ2v) is 18.6. The number of hydrogen-bond donors (Lipinski definition) is 12. The van der Waals surface area contributed by atoms with Gasteiger partial charge in [0, 0.05) is 30.6 Å². The van der Waals surface area contributed by atoms with Crippen molar-refractivity contribution in [2.24, 2.45) is 29.2 Å². The molecule has 9 amide bonds. The third-order valence-corrected chi connectivity index (χ3v) is 12.2. The van der Waals surface area contributed by atoms with Crippen molar-refractivity contribution < 1.29 is 63.0 Å². The first kappa shape index (κ1) is 60.3. The van der Waals surface area contributed by atoms with E-state index in [9.17, 15) is 63.0 Å². The molecule has 1 aromatic rings. The van der Waals surface area contributed by atoms with Gasteiger partial charge in [0.25, 0.3) is 5.91 Å². The number of anilines is 1. The van der Waals surface area contributed by atoms with Crippen LogP contribution >= 0.6 is 0 Å². The largest absolute Gasteiger partial charge is 0.481 e. The average Bonchev–Trinajstić information content (AvgIpc) is 3.80. The summed E-state index contributed by atoms with van der Waals surface area (Å²) in [7, 11) is 0. The minimum absolute atomic E-state index is 0.00387. The fourth-order valence-corrected chi connectivity index (χ4v) is 7.70. The van der Waals surface area contributed by atoms with Gasteiger partial charge < -0.3 is 69.5 Å². The summed E-state index contributed by atoms with van der Waals surface area (Å²) in [5.41, 5.74) is 17.4. The summed E-state index contributed by atoms with van der Waals surface area (Å²) in [5, 5.41) is 37.0. The molecular weight excluding hydrogens is 927 g/mol. The molecule has 0 aliphatic carbocycles. The van der Waals surface area contributed by atoms with Gasteiger partial charge in [-0.2, -0.15) is 0 Å². The van der Waals surface area contributed by atoms with E-state index in [4.69, 9.17) is 17.2 Å². The number of carbonyl (C=O) groups is 11. The Labute approximate surface area is 413 Å². The maximum absolute atomic E-state index is 14.3. The molecule has 15 N–H and O–H groups in total. The van der Waals surface area contributed by atoms with E-state index < -0.39 is 144 Å². The number of unbranched alkanes of at least 4 members (excludes halogenated alkanes) is 1. The normalized spacial score (nSPS) is 16.7. The Balaban J connectivity index is 2.37.